The zero-order valence-electron chi connectivity index (χ0n) is 15.5. The molecule has 1 amide bonds. The fraction of sp³-hybridized carbons (Fsp3) is 0.611. The molecule has 0 aromatic heterocycles. The molecule has 146 valence electrons. The Bertz CT molecular complexity index is 676. The minimum atomic E-state index is -3.49. The van der Waals surface area contributed by atoms with Gasteiger partial charge in [-0.05, 0) is 43.0 Å². The lowest BCUT2D eigenvalue weighted by atomic mass is 10.0. The average Bonchev–Trinajstić information content (AvgIpc) is 2.64. The predicted molar refractivity (Wildman–Crippen MR) is 101 cm³/mol. The number of nitrogens with one attached hydrogen (secondary N) is 2. The van der Waals surface area contributed by atoms with E-state index < -0.39 is 10.0 Å². The number of hydrogen-bond acceptors (Lipinski definition) is 5. The third-order valence-electron chi connectivity index (χ3n) is 4.44. The number of benzene rings is 1. The number of piperidine rings is 1. The molecule has 8 heteroatoms. The van der Waals surface area contributed by atoms with E-state index in [1.54, 1.807) is 23.5 Å². The van der Waals surface area contributed by atoms with E-state index in [-0.39, 0.29) is 10.8 Å². The molecule has 1 aromatic carbocycles. The Kier molecular flexibility index (Phi) is 8.02. The van der Waals surface area contributed by atoms with Crippen LogP contribution in [0.25, 0.3) is 0 Å². The average molecular weight is 384 g/mol. The van der Waals surface area contributed by atoms with Crippen molar-refractivity contribution >= 4 is 15.9 Å². The minimum Gasteiger partial charge on any atom is -0.383 e. The van der Waals surface area contributed by atoms with E-state index in [1.807, 2.05) is 0 Å². The van der Waals surface area contributed by atoms with Gasteiger partial charge in [0, 0.05) is 45.4 Å². The molecule has 1 heterocycles. The summed E-state index contributed by atoms with van der Waals surface area (Å²) in [5.74, 6) is 0.162. The number of amides is 1. The van der Waals surface area contributed by atoms with Crippen molar-refractivity contribution in [3.05, 3.63) is 29.8 Å². The molecule has 1 unspecified atom stereocenters. The van der Waals surface area contributed by atoms with E-state index in [9.17, 15) is 13.2 Å². The van der Waals surface area contributed by atoms with E-state index >= 15 is 0 Å². The molecule has 26 heavy (non-hydrogen) atoms. The molecular formula is C18H29N3O4S. The van der Waals surface area contributed by atoms with Crippen LogP contribution in [-0.4, -0.2) is 65.1 Å². The first-order valence-electron chi connectivity index (χ1n) is 9.03. The van der Waals surface area contributed by atoms with Crippen molar-refractivity contribution in [3.63, 3.8) is 0 Å². The van der Waals surface area contributed by atoms with Gasteiger partial charge in [0.15, 0.2) is 0 Å². The maximum atomic E-state index is 12.7. The van der Waals surface area contributed by atoms with Crippen LogP contribution in [0.4, 0.5) is 0 Å². The molecule has 0 radical (unpaired) electrons. The maximum Gasteiger partial charge on any atom is 0.251 e. The summed E-state index contributed by atoms with van der Waals surface area (Å²) in [5.41, 5.74) is 0.452. The number of carbonyl (C=O) groups excluding carboxylic acids is 1. The summed E-state index contributed by atoms with van der Waals surface area (Å²) in [5, 5.41) is 5.94. The maximum absolute atomic E-state index is 12.7. The third kappa shape index (κ3) is 5.77. The second-order valence-electron chi connectivity index (χ2n) is 6.63. The lowest BCUT2D eigenvalue weighted by molar-refractivity contribution is 0.0953. The SMILES string of the molecule is COCCNCCNC(=O)c1ccc(S(=O)(=O)N2CCCC(C)C2)cc1. The molecule has 7 nitrogen and oxygen atoms in total. The molecule has 1 aliphatic rings. The number of hydrogen-bond donors (Lipinski definition) is 2. The topological polar surface area (TPSA) is 87.7 Å². The van der Waals surface area contributed by atoms with Crippen LogP contribution in [0.3, 0.4) is 0 Å². The normalized spacial score (nSPS) is 18.6. The van der Waals surface area contributed by atoms with Crippen LogP contribution in [0, 0.1) is 5.92 Å². The zero-order valence-corrected chi connectivity index (χ0v) is 16.3. The van der Waals surface area contributed by atoms with Crippen LogP contribution in [0.5, 0.6) is 0 Å². The highest BCUT2D eigenvalue weighted by Crippen LogP contribution is 2.23. The lowest BCUT2D eigenvalue weighted by Gasteiger charge is -2.30. The standard InChI is InChI=1S/C18H29N3O4S/c1-15-4-3-12-21(14-15)26(23,24)17-7-5-16(6-8-17)18(22)20-10-9-19-11-13-25-2/h5-8,15,19H,3-4,9-14H2,1-2H3,(H,20,22). The van der Waals surface area contributed by atoms with Gasteiger partial charge in [0.05, 0.1) is 11.5 Å². The van der Waals surface area contributed by atoms with E-state index in [1.165, 1.54) is 12.1 Å². The highest BCUT2D eigenvalue weighted by atomic mass is 32.2. The number of nitrogens with zero attached hydrogens (tertiary/aromatic N) is 1. The van der Waals surface area contributed by atoms with Crippen molar-refractivity contribution < 1.29 is 17.9 Å². The van der Waals surface area contributed by atoms with E-state index in [0.717, 1.165) is 19.4 Å². The Morgan fingerprint density at radius 3 is 2.62 bits per heavy atom. The largest absolute Gasteiger partial charge is 0.383 e. The molecule has 2 N–H and O–H groups in total. The summed E-state index contributed by atoms with van der Waals surface area (Å²) in [6, 6.07) is 6.16. The fourth-order valence-corrected chi connectivity index (χ4v) is 4.56. The van der Waals surface area contributed by atoms with Crippen LogP contribution >= 0.6 is 0 Å². The second kappa shape index (κ2) is 10.0. The Morgan fingerprint density at radius 2 is 1.96 bits per heavy atom. The molecule has 0 aliphatic carbocycles. The number of rotatable bonds is 9. The molecule has 1 atom stereocenters. The first kappa shape index (κ1) is 20.8. The van der Waals surface area contributed by atoms with E-state index in [2.05, 4.69) is 17.6 Å². The summed E-state index contributed by atoms with van der Waals surface area (Å²) in [7, 11) is -1.85. The molecule has 1 saturated heterocycles. The molecule has 1 aliphatic heterocycles. The third-order valence-corrected chi connectivity index (χ3v) is 6.32. The van der Waals surface area contributed by atoms with Gasteiger partial charge in [-0.25, -0.2) is 8.42 Å². The zero-order chi connectivity index (χ0) is 19.0. The Hall–Kier alpha value is -1.48. The van der Waals surface area contributed by atoms with Gasteiger partial charge in [-0.2, -0.15) is 4.31 Å². The molecular weight excluding hydrogens is 354 g/mol. The first-order valence-corrected chi connectivity index (χ1v) is 10.5. The van der Waals surface area contributed by atoms with Crippen molar-refractivity contribution in [3.8, 4) is 0 Å². The smallest absolute Gasteiger partial charge is 0.251 e. The summed E-state index contributed by atoms with van der Waals surface area (Å²) >= 11 is 0. The first-order chi connectivity index (χ1) is 12.4. The monoisotopic (exact) mass is 383 g/mol. The molecule has 1 fully saturated rings. The van der Waals surface area contributed by atoms with Crippen molar-refractivity contribution in [1.82, 2.24) is 14.9 Å². The number of ether oxygens (including phenoxy) is 1. The van der Waals surface area contributed by atoms with Crippen molar-refractivity contribution in [2.24, 2.45) is 5.92 Å². The van der Waals surface area contributed by atoms with Gasteiger partial charge in [-0.15, -0.1) is 0 Å². The summed E-state index contributed by atoms with van der Waals surface area (Å²) in [4.78, 5) is 12.4. The molecule has 0 spiro atoms. The van der Waals surface area contributed by atoms with Gasteiger partial charge < -0.3 is 15.4 Å². The Balaban J connectivity index is 1.89. The molecule has 0 bridgehead atoms. The van der Waals surface area contributed by atoms with Gasteiger partial charge in [0.25, 0.3) is 5.91 Å². The van der Waals surface area contributed by atoms with Gasteiger partial charge in [0.1, 0.15) is 0 Å². The molecule has 0 saturated carbocycles. The number of methoxy groups -OCH3 is 1. The number of carbonyl (C=O) groups is 1. The summed E-state index contributed by atoms with van der Waals surface area (Å²) < 4.78 is 31.9. The van der Waals surface area contributed by atoms with Gasteiger partial charge in [-0.1, -0.05) is 6.92 Å². The van der Waals surface area contributed by atoms with Crippen LogP contribution in [-0.2, 0) is 14.8 Å². The van der Waals surface area contributed by atoms with Gasteiger partial charge in [-0.3, -0.25) is 4.79 Å². The van der Waals surface area contributed by atoms with Gasteiger partial charge >= 0.3 is 0 Å². The van der Waals surface area contributed by atoms with Crippen LogP contribution in [0.15, 0.2) is 29.2 Å². The van der Waals surface area contributed by atoms with Crippen LogP contribution in [0.2, 0.25) is 0 Å². The van der Waals surface area contributed by atoms with Crippen LogP contribution in [0.1, 0.15) is 30.1 Å². The number of sulfonamides is 1. The molecule has 2 rings (SSSR count). The predicted octanol–water partition coefficient (Wildman–Crippen LogP) is 1.07. The fourth-order valence-electron chi connectivity index (χ4n) is 2.96. The Morgan fingerprint density at radius 1 is 1.23 bits per heavy atom. The van der Waals surface area contributed by atoms with E-state index in [4.69, 9.17) is 4.74 Å². The minimum absolute atomic E-state index is 0.214. The van der Waals surface area contributed by atoms with E-state index in [0.29, 0.717) is 44.3 Å². The highest BCUT2D eigenvalue weighted by Gasteiger charge is 2.28. The van der Waals surface area contributed by atoms with Crippen molar-refractivity contribution in [2.45, 2.75) is 24.7 Å². The van der Waals surface area contributed by atoms with Crippen molar-refractivity contribution in [2.75, 3.05) is 46.4 Å². The quantitative estimate of drug-likeness (QED) is 0.623. The Labute approximate surface area is 156 Å². The van der Waals surface area contributed by atoms with Crippen LogP contribution < -0.4 is 10.6 Å². The lowest BCUT2D eigenvalue weighted by Crippen LogP contribution is -2.39. The van der Waals surface area contributed by atoms with Gasteiger partial charge in [0.2, 0.25) is 10.0 Å². The summed E-state index contributed by atoms with van der Waals surface area (Å²) in [6.07, 6.45) is 1.95. The highest BCUT2D eigenvalue weighted by molar-refractivity contribution is 7.89. The summed E-state index contributed by atoms with van der Waals surface area (Å²) in [6.45, 7) is 5.68. The molecule has 1 aromatic rings. The second-order valence-corrected chi connectivity index (χ2v) is 8.57. The van der Waals surface area contributed by atoms with Crippen molar-refractivity contribution in [1.29, 1.82) is 0 Å².